The minimum atomic E-state index is -0.263. The number of carbonyl (C=O) groups is 1. The number of amides is 1. The van der Waals surface area contributed by atoms with Crippen molar-refractivity contribution in [3.8, 4) is 5.75 Å². The minimum Gasteiger partial charge on any atom is -0.484 e. The van der Waals surface area contributed by atoms with Gasteiger partial charge in [0, 0.05) is 5.02 Å². The van der Waals surface area contributed by atoms with E-state index in [1.165, 1.54) is 0 Å². The van der Waals surface area contributed by atoms with Gasteiger partial charge in [0.25, 0.3) is 5.91 Å². The Balaban J connectivity index is 1.79. The van der Waals surface area contributed by atoms with Crippen LogP contribution in [0.2, 0.25) is 5.02 Å². The van der Waals surface area contributed by atoms with Crippen LogP contribution in [0.25, 0.3) is 0 Å². The molecule has 2 rings (SSSR count). The topological polar surface area (TPSA) is 50.4 Å². The lowest BCUT2D eigenvalue weighted by atomic mass is 10.2. The van der Waals surface area contributed by atoms with E-state index in [2.05, 4.69) is 10.9 Å². The van der Waals surface area contributed by atoms with E-state index in [-0.39, 0.29) is 12.5 Å². The first-order valence-corrected chi connectivity index (χ1v) is 6.52. The van der Waals surface area contributed by atoms with Gasteiger partial charge in [-0.15, -0.1) is 0 Å². The summed E-state index contributed by atoms with van der Waals surface area (Å²) in [6.07, 6.45) is 0. The van der Waals surface area contributed by atoms with Crippen molar-refractivity contribution in [2.24, 2.45) is 0 Å². The molecule has 0 aliphatic heterocycles. The van der Waals surface area contributed by atoms with Crippen molar-refractivity contribution in [3.05, 3.63) is 59.1 Å². The van der Waals surface area contributed by atoms with Gasteiger partial charge < -0.3 is 4.74 Å². The molecule has 0 heterocycles. The molecule has 0 aliphatic rings. The summed E-state index contributed by atoms with van der Waals surface area (Å²) < 4.78 is 5.38. The van der Waals surface area contributed by atoms with Gasteiger partial charge in [-0.2, -0.15) is 0 Å². The molecule has 1 amide bonds. The molecule has 0 saturated heterocycles. The number of benzene rings is 2. The molecule has 0 atom stereocenters. The molecule has 0 radical (unpaired) electrons. The van der Waals surface area contributed by atoms with E-state index >= 15 is 0 Å². The number of halogens is 1. The molecule has 0 bridgehead atoms. The van der Waals surface area contributed by atoms with Crippen LogP contribution in [0.1, 0.15) is 5.56 Å². The molecule has 0 saturated carbocycles. The Morgan fingerprint density at radius 3 is 2.65 bits per heavy atom. The molecule has 20 heavy (non-hydrogen) atoms. The van der Waals surface area contributed by atoms with Crippen molar-refractivity contribution in [3.63, 3.8) is 0 Å². The highest BCUT2D eigenvalue weighted by Gasteiger charge is 2.03. The molecule has 0 unspecified atom stereocenters. The Labute approximate surface area is 122 Å². The highest BCUT2D eigenvalue weighted by atomic mass is 35.5. The summed E-state index contributed by atoms with van der Waals surface area (Å²) in [6.45, 7) is 1.81. The molecular weight excluding hydrogens is 276 g/mol. The molecule has 2 aromatic rings. The SMILES string of the molecule is Cc1cc(OCC(=O)NNc2ccccc2)ccc1Cl. The number of carbonyl (C=O) groups excluding carboxylic acids is 1. The monoisotopic (exact) mass is 290 g/mol. The van der Waals surface area contributed by atoms with Gasteiger partial charge in [0.2, 0.25) is 0 Å². The van der Waals surface area contributed by atoms with E-state index in [0.717, 1.165) is 11.3 Å². The van der Waals surface area contributed by atoms with Gasteiger partial charge in [-0.1, -0.05) is 29.8 Å². The number of rotatable bonds is 5. The van der Waals surface area contributed by atoms with Crippen LogP contribution in [0, 0.1) is 6.92 Å². The summed E-state index contributed by atoms with van der Waals surface area (Å²) in [7, 11) is 0. The fourth-order valence-electron chi connectivity index (χ4n) is 1.56. The summed E-state index contributed by atoms with van der Waals surface area (Å²) in [5.41, 5.74) is 7.07. The lowest BCUT2D eigenvalue weighted by molar-refractivity contribution is -0.122. The third kappa shape index (κ3) is 4.17. The fraction of sp³-hybridized carbons (Fsp3) is 0.133. The summed E-state index contributed by atoms with van der Waals surface area (Å²) in [4.78, 5) is 11.6. The second-order valence-corrected chi connectivity index (χ2v) is 4.65. The molecule has 0 fully saturated rings. The second-order valence-electron chi connectivity index (χ2n) is 4.24. The van der Waals surface area contributed by atoms with Gasteiger partial charge in [-0.3, -0.25) is 15.6 Å². The lowest BCUT2D eigenvalue weighted by Crippen LogP contribution is -2.33. The number of nitrogens with one attached hydrogen (secondary N) is 2. The number of hydrogen-bond acceptors (Lipinski definition) is 3. The lowest BCUT2D eigenvalue weighted by Gasteiger charge is -2.10. The number of hydrogen-bond donors (Lipinski definition) is 2. The van der Waals surface area contributed by atoms with E-state index < -0.39 is 0 Å². The molecule has 4 nitrogen and oxygen atoms in total. The van der Waals surface area contributed by atoms with Crippen molar-refractivity contribution in [2.75, 3.05) is 12.0 Å². The van der Waals surface area contributed by atoms with E-state index in [9.17, 15) is 4.79 Å². The Kier molecular flexibility index (Phi) is 4.85. The van der Waals surface area contributed by atoms with Gasteiger partial charge in [-0.25, -0.2) is 0 Å². The summed E-state index contributed by atoms with van der Waals surface area (Å²) >= 11 is 5.92. The van der Waals surface area contributed by atoms with Crippen LogP contribution >= 0.6 is 11.6 Å². The smallest absolute Gasteiger partial charge is 0.276 e. The second kappa shape index (κ2) is 6.82. The predicted octanol–water partition coefficient (Wildman–Crippen LogP) is 3.17. The largest absolute Gasteiger partial charge is 0.484 e. The zero-order chi connectivity index (χ0) is 14.4. The van der Waals surface area contributed by atoms with Gasteiger partial charge in [0.05, 0.1) is 5.69 Å². The third-order valence-electron chi connectivity index (χ3n) is 2.62. The van der Waals surface area contributed by atoms with Gasteiger partial charge >= 0.3 is 0 Å². The standard InChI is InChI=1S/C15H15ClN2O2/c1-11-9-13(7-8-14(11)16)20-10-15(19)18-17-12-5-3-2-4-6-12/h2-9,17H,10H2,1H3,(H,18,19). The average molecular weight is 291 g/mol. The first-order valence-electron chi connectivity index (χ1n) is 6.14. The Bertz CT molecular complexity index is 588. The molecule has 0 aliphatic carbocycles. The summed E-state index contributed by atoms with van der Waals surface area (Å²) in [5, 5.41) is 0.674. The fourth-order valence-corrected chi connectivity index (χ4v) is 1.67. The minimum absolute atomic E-state index is 0.0685. The quantitative estimate of drug-likeness (QED) is 0.832. The van der Waals surface area contributed by atoms with Crippen molar-refractivity contribution >= 4 is 23.2 Å². The average Bonchev–Trinajstić information content (AvgIpc) is 2.47. The molecule has 2 aromatic carbocycles. The van der Waals surface area contributed by atoms with Crippen LogP contribution < -0.4 is 15.6 Å². The van der Waals surface area contributed by atoms with Gasteiger partial charge in [0.15, 0.2) is 6.61 Å². The maximum atomic E-state index is 11.6. The summed E-state index contributed by atoms with van der Waals surface area (Å²) in [5.74, 6) is 0.350. The van der Waals surface area contributed by atoms with Crippen LogP contribution in [0.5, 0.6) is 5.75 Å². The number of aryl methyl sites for hydroxylation is 1. The van der Waals surface area contributed by atoms with Crippen molar-refractivity contribution in [2.45, 2.75) is 6.92 Å². The molecule has 0 aromatic heterocycles. The molecular formula is C15H15ClN2O2. The maximum absolute atomic E-state index is 11.6. The van der Waals surface area contributed by atoms with E-state index in [0.29, 0.717) is 10.8 Å². The van der Waals surface area contributed by atoms with Crippen LogP contribution in [-0.2, 0) is 4.79 Å². The normalized spacial score (nSPS) is 9.90. The Morgan fingerprint density at radius 2 is 1.95 bits per heavy atom. The first-order chi connectivity index (χ1) is 9.65. The highest BCUT2D eigenvalue weighted by molar-refractivity contribution is 6.31. The van der Waals surface area contributed by atoms with Gasteiger partial charge in [-0.05, 0) is 42.8 Å². The molecule has 5 heteroatoms. The van der Waals surface area contributed by atoms with Crippen molar-refractivity contribution in [1.82, 2.24) is 5.43 Å². The number of ether oxygens (including phenoxy) is 1. The van der Waals surface area contributed by atoms with Crippen LogP contribution in [0.3, 0.4) is 0 Å². The number of hydrazine groups is 1. The number of para-hydroxylation sites is 1. The summed E-state index contributed by atoms with van der Waals surface area (Å²) in [6, 6.07) is 14.6. The van der Waals surface area contributed by atoms with Crippen LogP contribution in [0.15, 0.2) is 48.5 Å². The molecule has 2 N–H and O–H groups in total. The van der Waals surface area contributed by atoms with E-state index in [1.807, 2.05) is 37.3 Å². The van der Waals surface area contributed by atoms with Crippen LogP contribution in [0.4, 0.5) is 5.69 Å². The maximum Gasteiger partial charge on any atom is 0.276 e. The van der Waals surface area contributed by atoms with Crippen molar-refractivity contribution < 1.29 is 9.53 Å². The van der Waals surface area contributed by atoms with E-state index in [1.54, 1.807) is 18.2 Å². The first kappa shape index (κ1) is 14.2. The molecule has 0 spiro atoms. The highest BCUT2D eigenvalue weighted by Crippen LogP contribution is 2.20. The Morgan fingerprint density at radius 1 is 1.20 bits per heavy atom. The molecule has 104 valence electrons. The van der Waals surface area contributed by atoms with Crippen LogP contribution in [-0.4, -0.2) is 12.5 Å². The zero-order valence-electron chi connectivity index (χ0n) is 11.0. The number of anilines is 1. The predicted molar refractivity (Wildman–Crippen MR) is 79.9 cm³/mol. The Hall–Kier alpha value is -2.20. The van der Waals surface area contributed by atoms with Gasteiger partial charge in [0.1, 0.15) is 5.75 Å². The van der Waals surface area contributed by atoms with Crippen molar-refractivity contribution in [1.29, 1.82) is 0 Å². The zero-order valence-corrected chi connectivity index (χ0v) is 11.8. The third-order valence-corrected chi connectivity index (χ3v) is 3.04. The van der Waals surface area contributed by atoms with E-state index in [4.69, 9.17) is 16.3 Å².